The molecule has 1 aliphatic heterocycles. The minimum atomic E-state index is -0.881. The maximum absolute atomic E-state index is 14.1. The highest BCUT2D eigenvalue weighted by Crippen LogP contribution is 2.44. The third-order valence-corrected chi connectivity index (χ3v) is 13.2. The van der Waals surface area contributed by atoms with Gasteiger partial charge in [-0.2, -0.15) is 9.36 Å². The van der Waals surface area contributed by atoms with Crippen LogP contribution < -0.4 is 33.5 Å². The summed E-state index contributed by atoms with van der Waals surface area (Å²) in [5.41, 5.74) is 14.1. The van der Waals surface area contributed by atoms with E-state index in [2.05, 4.69) is 69.1 Å². The zero-order valence-electron chi connectivity index (χ0n) is 38.3. The number of benzene rings is 5. The second-order valence-corrected chi connectivity index (χ2v) is 17.8. The molecule has 8 rings (SSSR count). The van der Waals surface area contributed by atoms with E-state index in [9.17, 15) is 24.0 Å². The molecule has 6 aromatic rings. The first kappa shape index (κ1) is 47.0. The van der Waals surface area contributed by atoms with E-state index in [-0.39, 0.29) is 62.1 Å². The largest absolute Gasteiger partial charge is 0.370 e. The average Bonchev–Trinajstić information content (AvgIpc) is 3.93. The predicted molar refractivity (Wildman–Crippen MR) is 264 cm³/mol. The number of para-hydroxylation sites is 2. The number of amides is 3. The highest BCUT2D eigenvalue weighted by atomic mass is 16.2. The standard InChI is InChI=1S/C53H60N10O5/c54-50(55)56-31-15-24-45(49(66)57-38-39-25-27-42(28-26-39)61-51(67)62(43-20-9-3-10-21-43)63(52(61)68)44-22-11-4-12-23-44)58-46(64)36-53(29-13-14-30-53)37-47(65)59-32-34-60(35-33-59)48(40-16-5-1-6-17-40)41-18-7-2-8-19-41/h1-12,16-23,25-28,45,48H,13-15,24,29-38H2,(H,57,66)(H,58,64)(H4,54,55,56). The van der Waals surface area contributed by atoms with Crippen LogP contribution in [0.25, 0.3) is 17.1 Å². The van der Waals surface area contributed by atoms with E-state index in [0.29, 0.717) is 42.1 Å². The van der Waals surface area contributed by atoms with E-state index in [1.165, 1.54) is 20.5 Å². The minimum absolute atomic E-state index is 0.0576. The average molecular weight is 917 g/mol. The summed E-state index contributed by atoms with van der Waals surface area (Å²) in [7, 11) is 0. The quantitative estimate of drug-likeness (QED) is 0.0513. The molecule has 352 valence electrons. The number of hydrogen-bond donors (Lipinski definition) is 4. The van der Waals surface area contributed by atoms with Gasteiger partial charge in [0.15, 0.2) is 5.96 Å². The molecule has 0 bridgehead atoms. The van der Waals surface area contributed by atoms with Crippen molar-refractivity contribution in [3.8, 4) is 17.1 Å². The zero-order valence-corrected chi connectivity index (χ0v) is 38.3. The lowest BCUT2D eigenvalue weighted by atomic mass is 9.78. The second kappa shape index (κ2) is 21.9. The van der Waals surface area contributed by atoms with Crippen LogP contribution in [0.5, 0.6) is 0 Å². The zero-order chi connectivity index (χ0) is 47.5. The van der Waals surface area contributed by atoms with E-state index in [1.54, 1.807) is 72.8 Å². The maximum atomic E-state index is 14.1. The number of nitrogens with one attached hydrogen (secondary N) is 2. The summed E-state index contributed by atoms with van der Waals surface area (Å²) >= 11 is 0. The summed E-state index contributed by atoms with van der Waals surface area (Å²) in [6, 6.07) is 44.9. The fourth-order valence-electron chi connectivity index (χ4n) is 9.77. The number of nitrogens with two attached hydrogens (primary N) is 2. The van der Waals surface area contributed by atoms with Crippen LogP contribution >= 0.6 is 0 Å². The lowest BCUT2D eigenvalue weighted by Crippen LogP contribution is -2.51. The molecule has 1 saturated heterocycles. The van der Waals surface area contributed by atoms with Crippen LogP contribution in [0.15, 0.2) is 160 Å². The Morgan fingerprint density at radius 1 is 0.632 bits per heavy atom. The molecule has 0 spiro atoms. The summed E-state index contributed by atoms with van der Waals surface area (Å²) in [4.78, 5) is 78.2. The van der Waals surface area contributed by atoms with Gasteiger partial charge < -0.3 is 27.0 Å². The van der Waals surface area contributed by atoms with Gasteiger partial charge in [-0.05, 0) is 84.2 Å². The molecule has 6 N–H and O–H groups in total. The van der Waals surface area contributed by atoms with Gasteiger partial charge in [-0.15, -0.1) is 0 Å². The number of piperazine rings is 1. The molecule has 1 aromatic heterocycles. The summed E-state index contributed by atoms with van der Waals surface area (Å²) < 4.78 is 3.80. The number of carbonyl (C=O) groups excluding carboxylic acids is 3. The lowest BCUT2D eigenvalue weighted by Gasteiger charge is -2.41. The van der Waals surface area contributed by atoms with Gasteiger partial charge in [-0.3, -0.25) is 24.3 Å². The van der Waals surface area contributed by atoms with Gasteiger partial charge in [-0.25, -0.2) is 14.2 Å². The van der Waals surface area contributed by atoms with Crippen LogP contribution in [0.1, 0.15) is 74.1 Å². The number of aromatic nitrogens is 3. The monoisotopic (exact) mass is 916 g/mol. The van der Waals surface area contributed by atoms with E-state index in [4.69, 9.17) is 11.5 Å². The van der Waals surface area contributed by atoms with Crippen molar-refractivity contribution in [3.05, 3.63) is 183 Å². The van der Waals surface area contributed by atoms with Crippen LogP contribution in [0.4, 0.5) is 0 Å². The third kappa shape index (κ3) is 11.2. The molecular weight excluding hydrogens is 857 g/mol. The molecule has 1 unspecified atom stereocenters. The summed E-state index contributed by atoms with van der Waals surface area (Å²) in [5, 5.41) is 5.96. The van der Waals surface area contributed by atoms with Crippen LogP contribution in [-0.2, 0) is 20.9 Å². The molecule has 5 aromatic carbocycles. The topological polar surface area (TPSA) is 195 Å². The molecule has 15 nitrogen and oxygen atoms in total. The SMILES string of the molecule is NC(N)=NCCCC(NC(=O)CC1(CC(=O)N2CCN(C(c3ccccc3)c3ccccc3)CC2)CCCC1)C(=O)NCc1ccc(-n2c(=O)n(-c3ccccc3)n(-c3ccccc3)c2=O)cc1. The Labute approximate surface area is 396 Å². The van der Waals surface area contributed by atoms with Gasteiger partial charge in [0.25, 0.3) is 0 Å². The Kier molecular flexibility index (Phi) is 15.1. The van der Waals surface area contributed by atoms with Crippen molar-refractivity contribution in [2.75, 3.05) is 32.7 Å². The minimum Gasteiger partial charge on any atom is -0.370 e. The van der Waals surface area contributed by atoms with Gasteiger partial charge >= 0.3 is 11.4 Å². The first-order chi connectivity index (χ1) is 33.1. The number of hydrogen-bond acceptors (Lipinski definition) is 7. The van der Waals surface area contributed by atoms with Crippen molar-refractivity contribution in [1.82, 2.24) is 34.4 Å². The predicted octanol–water partition coefficient (Wildman–Crippen LogP) is 5.21. The van der Waals surface area contributed by atoms with E-state index in [0.717, 1.165) is 43.3 Å². The molecule has 2 fully saturated rings. The lowest BCUT2D eigenvalue weighted by molar-refractivity contribution is -0.137. The first-order valence-electron chi connectivity index (χ1n) is 23.5. The van der Waals surface area contributed by atoms with Crippen molar-refractivity contribution in [1.29, 1.82) is 0 Å². The molecule has 0 radical (unpaired) electrons. The highest BCUT2D eigenvalue weighted by molar-refractivity contribution is 5.88. The van der Waals surface area contributed by atoms with Crippen LogP contribution in [-0.4, -0.2) is 86.2 Å². The van der Waals surface area contributed by atoms with Crippen molar-refractivity contribution in [3.63, 3.8) is 0 Å². The Hall–Kier alpha value is -7.52. The molecule has 1 aliphatic carbocycles. The van der Waals surface area contributed by atoms with E-state index < -0.39 is 22.8 Å². The summed E-state index contributed by atoms with van der Waals surface area (Å²) in [6.07, 6.45) is 4.53. The number of aliphatic imine (C=N–C) groups is 1. The number of rotatable bonds is 18. The highest BCUT2D eigenvalue weighted by Gasteiger charge is 2.40. The summed E-state index contributed by atoms with van der Waals surface area (Å²) in [6.45, 7) is 3.07. The normalized spacial score (nSPS) is 15.2. The maximum Gasteiger partial charge on any atom is 0.356 e. The van der Waals surface area contributed by atoms with Gasteiger partial charge in [-0.1, -0.05) is 122 Å². The van der Waals surface area contributed by atoms with Crippen LogP contribution in [0.2, 0.25) is 0 Å². The molecular formula is C53H60N10O5. The molecule has 1 atom stereocenters. The fourth-order valence-corrected chi connectivity index (χ4v) is 9.77. The molecule has 3 amide bonds. The molecule has 68 heavy (non-hydrogen) atoms. The number of guanidine groups is 1. The first-order valence-corrected chi connectivity index (χ1v) is 23.5. The Bertz CT molecular complexity index is 2660. The fraction of sp³-hybridized carbons (Fsp3) is 0.321. The smallest absolute Gasteiger partial charge is 0.356 e. The Morgan fingerprint density at radius 2 is 1.15 bits per heavy atom. The van der Waals surface area contributed by atoms with Gasteiger partial charge in [0, 0.05) is 52.1 Å². The van der Waals surface area contributed by atoms with Gasteiger partial charge in [0.2, 0.25) is 17.7 Å². The second-order valence-electron chi connectivity index (χ2n) is 17.8. The Morgan fingerprint density at radius 3 is 1.66 bits per heavy atom. The van der Waals surface area contributed by atoms with E-state index in [1.807, 2.05) is 29.2 Å². The van der Waals surface area contributed by atoms with Crippen molar-refractivity contribution < 1.29 is 14.4 Å². The van der Waals surface area contributed by atoms with Crippen molar-refractivity contribution in [2.45, 2.75) is 70.0 Å². The van der Waals surface area contributed by atoms with Crippen LogP contribution in [0.3, 0.4) is 0 Å². The van der Waals surface area contributed by atoms with Crippen molar-refractivity contribution >= 4 is 23.7 Å². The van der Waals surface area contributed by atoms with Crippen molar-refractivity contribution in [2.24, 2.45) is 21.9 Å². The van der Waals surface area contributed by atoms with Crippen LogP contribution in [0, 0.1) is 5.41 Å². The van der Waals surface area contributed by atoms with Gasteiger partial charge in [0.05, 0.1) is 23.1 Å². The molecule has 1 saturated carbocycles. The van der Waals surface area contributed by atoms with E-state index >= 15 is 0 Å². The molecule has 15 heteroatoms. The van der Waals surface area contributed by atoms with Gasteiger partial charge in [0.1, 0.15) is 6.04 Å². The number of nitrogens with zero attached hydrogens (tertiary/aromatic N) is 6. The number of carbonyl (C=O) groups is 3. The Balaban J connectivity index is 0.908. The summed E-state index contributed by atoms with van der Waals surface area (Å²) in [5.74, 6) is -0.655. The molecule has 2 aliphatic rings. The third-order valence-electron chi connectivity index (χ3n) is 13.2. The molecule has 2 heterocycles.